The van der Waals surface area contributed by atoms with E-state index in [1.54, 1.807) is 0 Å². The van der Waals surface area contributed by atoms with E-state index >= 15 is 0 Å². The Morgan fingerprint density at radius 2 is 1.83 bits per heavy atom. The SMILES string of the molecule is CC(C)C(NC(=O)c1ccc([N+](=O)[O-])cc1Cl)C(=O)NCCCc1ccccc1. The molecule has 1 unspecified atom stereocenters. The number of nitro groups is 1. The zero-order valence-corrected chi connectivity index (χ0v) is 17.1. The summed E-state index contributed by atoms with van der Waals surface area (Å²) < 4.78 is 0. The Hall–Kier alpha value is -2.93. The number of nitrogens with zero attached hydrogens (tertiary/aromatic N) is 1. The highest BCUT2D eigenvalue weighted by molar-refractivity contribution is 6.34. The van der Waals surface area contributed by atoms with Crippen LogP contribution in [0, 0.1) is 16.0 Å². The third kappa shape index (κ3) is 6.57. The van der Waals surface area contributed by atoms with E-state index in [9.17, 15) is 19.7 Å². The molecule has 2 aromatic rings. The van der Waals surface area contributed by atoms with Crippen molar-refractivity contribution in [1.82, 2.24) is 10.6 Å². The molecule has 2 amide bonds. The summed E-state index contributed by atoms with van der Waals surface area (Å²) >= 11 is 6.01. The molecule has 0 fully saturated rings. The summed E-state index contributed by atoms with van der Waals surface area (Å²) in [5.74, 6) is -0.979. The maximum atomic E-state index is 12.5. The summed E-state index contributed by atoms with van der Waals surface area (Å²) in [7, 11) is 0. The van der Waals surface area contributed by atoms with Gasteiger partial charge in [0.15, 0.2) is 0 Å². The van der Waals surface area contributed by atoms with Crippen LogP contribution in [0.5, 0.6) is 0 Å². The Morgan fingerprint density at radius 1 is 1.14 bits per heavy atom. The summed E-state index contributed by atoms with van der Waals surface area (Å²) in [5, 5.41) is 16.3. The molecule has 0 aliphatic carbocycles. The second-order valence-corrected chi connectivity index (χ2v) is 7.40. The zero-order chi connectivity index (χ0) is 21.4. The van der Waals surface area contributed by atoms with Crippen molar-refractivity contribution >= 4 is 29.1 Å². The first-order chi connectivity index (χ1) is 13.8. The summed E-state index contributed by atoms with van der Waals surface area (Å²) in [6.07, 6.45) is 1.63. The maximum Gasteiger partial charge on any atom is 0.270 e. The Kier molecular flexibility index (Phi) is 8.15. The maximum absolute atomic E-state index is 12.5. The summed E-state index contributed by atoms with van der Waals surface area (Å²) in [5.41, 5.74) is 1.08. The van der Waals surface area contributed by atoms with Crippen molar-refractivity contribution < 1.29 is 14.5 Å². The van der Waals surface area contributed by atoms with Crippen LogP contribution in [0.2, 0.25) is 5.02 Å². The van der Waals surface area contributed by atoms with Gasteiger partial charge in [0.05, 0.1) is 15.5 Å². The minimum atomic E-state index is -0.745. The monoisotopic (exact) mass is 417 g/mol. The molecule has 0 aliphatic rings. The number of carbonyl (C=O) groups excluding carboxylic acids is 2. The summed E-state index contributed by atoms with van der Waals surface area (Å²) in [6, 6.07) is 12.8. The van der Waals surface area contributed by atoms with Crippen LogP contribution in [0.15, 0.2) is 48.5 Å². The zero-order valence-electron chi connectivity index (χ0n) is 16.4. The van der Waals surface area contributed by atoms with E-state index in [4.69, 9.17) is 11.6 Å². The first-order valence-electron chi connectivity index (χ1n) is 9.36. The van der Waals surface area contributed by atoms with E-state index in [0.717, 1.165) is 18.9 Å². The lowest BCUT2D eigenvalue weighted by Gasteiger charge is -2.22. The molecule has 2 aromatic carbocycles. The Balaban J connectivity index is 1.93. The van der Waals surface area contributed by atoms with Gasteiger partial charge in [0, 0.05) is 18.7 Å². The highest BCUT2D eigenvalue weighted by Gasteiger charge is 2.25. The van der Waals surface area contributed by atoms with Crippen molar-refractivity contribution in [2.45, 2.75) is 32.7 Å². The quantitative estimate of drug-likeness (QED) is 0.368. The fraction of sp³-hybridized carbons (Fsp3) is 0.333. The molecule has 0 heterocycles. The molecule has 2 rings (SSSR count). The van der Waals surface area contributed by atoms with Gasteiger partial charge in [-0.1, -0.05) is 55.8 Å². The van der Waals surface area contributed by atoms with Gasteiger partial charge >= 0.3 is 0 Å². The van der Waals surface area contributed by atoms with E-state index in [1.807, 2.05) is 44.2 Å². The van der Waals surface area contributed by atoms with Gasteiger partial charge in [0.1, 0.15) is 6.04 Å². The number of amides is 2. The third-order valence-corrected chi connectivity index (χ3v) is 4.74. The highest BCUT2D eigenvalue weighted by Crippen LogP contribution is 2.22. The number of carbonyl (C=O) groups is 2. The molecule has 0 aliphatic heterocycles. The number of nitrogens with one attached hydrogen (secondary N) is 2. The number of rotatable bonds is 9. The largest absolute Gasteiger partial charge is 0.354 e. The molecule has 0 bridgehead atoms. The number of hydrogen-bond donors (Lipinski definition) is 2. The van der Waals surface area contributed by atoms with Crippen molar-refractivity contribution in [3.8, 4) is 0 Å². The molecule has 0 radical (unpaired) electrons. The summed E-state index contributed by atoms with van der Waals surface area (Å²) in [6.45, 7) is 4.14. The van der Waals surface area contributed by atoms with Gasteiger partial charge in [-0.15, -0.1) is 0 Å². The third-order valence-electron chi connectivity index (χ3n) is 4.43. The lowest BCUT2D eigenvalue weighted by atomic mass is 10.0. The molecule has 0 saturated heterocycles. The van der Waals surface area contributed by atoms with Crippen LogP contribution in [0.4, 0.5) is 5.69 Å². The normalized spacial score (nSPS) is 11.7. The second kappa shape index (κ2) is 10.6. The van der Waals surface area contributed by atoms with Gasteiger partial charge in [-0.25, -0.2) is 0 Å². The van der Waals surface area contributed by atoms with Crippen LogP contribution in [-0.4, -0.2) is 29.3 Å². The van der Waals surface area contributed by atoms with E-state index in [-0.39, 0.29) is 28.1 Å². The van der Waals surface area contributed by atoms with Gasteiger partial charge in [-0.05, 0) is 30.4 Å². The molecule has 7 nitrogen and oxygen atoms in total. The van der Waals surface area contributed by atoms with E-state index < -0.39 is 16.9 Å². The molecule has 154 valence electrons. The number of non-ortho nitro benzene ring substituents is 1. The van der Waals surface area contributed by atoms with E-state index in [2.05, 4.69) is 10.6 Å². The number of nitro benzene ring substituents is 1. The topological polar surface area (TPSA) is 101 Å². The highest BCUT2D eigenvalue weighted by atomic mass is 35.5. The van der Waals surface area contributed by atoms with Crippen LogP contribution in [0.25, 0.3) is 0 Å². The molecule has 0 aromatic heterocycles. The molecular formula is C21H24ClN3O4. The van der Waals surface area contributed by atoms with Crippen LogP contribution < -0.4 is 10.6 Å². The Morgan fingerprint density at radius 3 is 2.41 bits per heavy atom. The Bertz CT molecular complexity index is 871. The number of hydrogen-bond acceptors (Lipinski definition) is 4. The number of benzene rings is 2. The van der Waals surface area contributed by atoms with Crippen molar-refractivity contribution in [2.75, 3.05) is 6.54 Å². The molecule has 0 saturated carbocycles. The predicted octanol–water partition coefficient (Wildman–Crippen LogP) is 3.75. The van der Waals surface area contributed by atoms with Crippen LogP contribution in [-0.2, 0) is 11.2 Å². The number of halogens is 1. The van der Waals surface area contributed by atoms with E-state index in [0.29, 0.717) is 6.54 Å². The first-order valence-corrected chi connectivity index (χ1v) is 9.74. The molecule has 0 spiro atoms. The standard InChI is InChI=1S/C21H24ClN3O4/c1-14(2)19(21(27)23-12-6-9-15-7-4-3-5-8-15)24-20(26)17-11-10-16(25(28)29)13-18(17)22/h3-5,7-8,10-11,13-14,19H,6,9,12H2,1-2H3,(H,23,27)(H,24,26). The molecular weight excluding hydrogens is 394 g/mol. The second-order valence-electron chi connectivity index (χ2n) is 7.00. The molecule has 1 atom stereocenters. The van der Waals surface area contributed by atoms with Crippen molar-refractivity contribution in [3.05, 3.63) is 74.8 Å². The predicted molar refractivity (Wildman–Crippen MR) is 112 cm³/mol. The van der Waals surface area contributed by atoms with Crippen molar-refractivity contribution in [1.29, 1.82) is 0 Å². The van der Waals surface area contributed by atoms with Crippen LogP contribution in [0.1, 0.15) is 36.2 Å². The van der Waals surface area contributed by atoms with E-state index in [1.165, 1.54) is 17.7 Å². The molecule has 2 N–H and O–H groups in total. The lowest BCUT2D eigenvalue weighted by molar-refractivity contribution is -0.384. The fourth-order valence-corrected chi connectivity index (χ4v) is 3.08. The van der Waals surface area contributed by atoms with Gasteiger partial charge in [0.25, 0.3) is 11.6 Å². The first kappa shape index (κ1) is 22.4. The van der Waals surface area contributed by atoms with Crippen LogP contribution >= 0.6 is 11.6 Å². The average Bonchev–Trinajstić information content (AvgIpc) is 2.69. The number of aryl methyl sites for hydroxylation is 1. The van der Waals surface area contributed by atoms with Gasteiger partial charge in [-0.3, -0.25) is 19.7 Å². The van der Waals surface area contributed by atoms with Gasteiger partial charge in [-0.2, -0.15) is 0 Å². The average molecular weight is 418 g/mol. The molecule has 29 heavy (non-hydrogen) atoms. The minimum Gasteiger partial charge on any atom is -0.354 e. The minimum absolute atomic E-state index is 0.0394. The van der Waals surface area contributed by atoms with Gasteiger partial charge < -0.3 is 10.6 Å². The van der Waals surface area contributed by atoms with Crippen LogP contribution in [0.3, 0.4) is 0 Å². The summed E-state index contributed by atoms with van der Waals surface area (Å²) in [4.78, 5) is 35.3. The fourth-order valence-electron chi connectivity index (χ4n) is 2.81. The van der Waals surface area contributed by atoms with Crippen molar-refractivity contribution in [2.24, 2.45) is 5.92 Å². The lowest BCUT2D eigenvalue weighted by Crippen LogP contribution is -2.50. The van der Waals surface area contributed by atoms with Gasteiger partial charge in [0.2, 0.25) is 5.91 Å². The molecule has 8 heteroatoms. The van der Waals surface area contributed by atoms with Crippen molar-refractivity contribution in [3.63, 3.8) is 0 Å². The Labute approximate surface area is 174 Å². The smallest absolute Gasteiger partial charge is 0.270 e.